The predicted molar refractivity (Wildman–Crippen MR) is 157 cm³/mol. The lowest BCUT2D eigenvalue weighted by Crippen LogP contribution is -2.54. The molecule has 0 aliphatic rings. The van der Waals surface area contributed by atoms with E-state index >= 15 is 0 Å². The summed E-state index contributed by atoms with van der Waals surface area (Å²) in [7, 11) is -3.88. The van der Waals surface area contributed by atoms with E-state index in [2.05, 4.69) is 5.32 Å². The van der Waals surface area contributed by atoms with Crippen molar-refractivity contribution in [1.82, 2.24) is 10.2 Å². The topological polar surface area (TPSA) is 86.8 Å². The smallest absolute Gasteiger partial charge is 0.244 e. The van der Waals surface area contributed by atoms with Crippen molar-refractivity contribution in [3.63, 3.8) is 0 Å². The molecule has 9 heteroatoms. The zero-order chi connectivity index (χ0) is 29.4. The molecular formula is C31H38FN3O4S. The van der Waals surface area contributed by atoms with Gasteiger partial charge in [-0.15, -0.1) is 0 Å². The van der Waals surface area contributed by atoms with Gasteiger partial charge >= 0.3 is 0 Å². The van der Waals surface area contributed by atoms with Crippen LogP contribution in [0, 0.1) is 19.7 Å². The second kappa shape index (κ2) is 13.6. The van der Waals surface area contributed by atoms with Crippen LogP contribution in [-0.2, 0) is 32.6 Å². The maximum atomic E-state index is 14.8. The molecule has 0 bridgehead atoms. The van der Waals surface area contributed by atoms with Gasteiger partial charge in [0.2, 0.25) is 21.8 Å². The van der Waals surface area contributed by atoms with Crippen LogP contribution in [0.1, 0.15) is 42.5 Å². The number of rotatable bonds is 12. The Balaban J connectivity index is 2.09. The molecule has 3 aromatic rings. The van der Waals surface area contributed by atoms with E-state index in [4.69, 9.17) is 0 Å². The van der Waals surface area contributed by atoms with E-state index in [-0.39, 0.29) is 30.5 Å². The fourth-order valence-corrected chi connectivity index (χ4v) is 5.35. The number of aryl methyl sites for hydroxylation is 2. The minimum absolute atomic E-state index is 0.154. The minimum Gasteiger partial charge on any atom is -0.352 e. The van der Waals surface area contributed by atoms with Crippen LogP contribution in [0.25, 0.3) is 0 Å². The first-order valence-electron chi connectivity index (χ1n) is 13.3. The van der Waals surface area contributed by atoms with E-state index in [0.29, 0.717) is 12.1 Å². The summed E-state index contributed by atoms with van der Waals surface area (Å²) in [6.45, 7) is 6.75. The standard InChI is InChI=1S/C31H38FN3O4S/c1-6-24(4)33-31(37)29(19-25-12-8-7-9-13-25)34(20-26-14-10-11-15-28(26)32)30(36)21-35(40(5,38)39)27-17-22(2)16-23(3)18-27/h7-18,24,29H,6,19-21H2,1-5H3,(H,33,37)/t24-,29-/m0/s1. The lowest BCUT2D eigenvalue weighted by Gasteiger charge is -2.34. The maximum Gasteiger partial charge on any atom is 0.244 e. The summed E-state index contributed by atoms with van der Waals surface area (Å²) in [4.78, 5) is 29.0. The number of nitrogens with zero attached hydrogens (tertiary/aromatic N) is 2. The van der Waals surface area contributed by atoms with Gasteiger partial charge in [-0.05, 0) is 62.1 Å². The Bertz CT molecular complexity index is 1410. The van der Waals surface area contributed by atoms with Crippen molar-refractivity contribution in [2.45, 2.75) is 59.2 Å². The Morgan fingerprint density at radius 2 is 1.55 bits per heavy atom. The average Bonchev–Trinajstić information content (AvgIpc) is 2.89. The first-order valence-corrected chi connectivity index (χ1v) is 15.2. The van der Waals surface area contributed by atoms with Gasteiger partial charge in [0.25, 0.3) is 0 Å². The molecule has 0 aromatic heterocycles. The minimum atomic E-state index is -3.88. The van der Waals surface area contributed by atoms with Gasteiger partial charge in [-0.3, -0.25) is 13.9 Å². The Hall–Kier alpha value is -3.72. The molecule has 0 aliphatic carbocycles. The summed E-state index contributed by atoms with van der Waals surface area (Å²) in [5, 5.41) is 2.96. The summed E-state index contributed by atoms with van der Waals surface area (Å²) < 4.78 is 41.7. The first-order chi connectivity index (χ1) is 18.9. The van der Waals surface area contributed by atoms with Crippen molar-refractivity contribution in [3.8, 4) is 0 Å². The lowest BCUT2D eigenvalue weighted by molar-refractivity contribution is -0.140. The highest BCUT2D eigenvalue weighted by atomic mass is 32.2. The second-order valence-electron chi connectivity index (χ2n) is 10.3. The molecule has 0 unspecified atom stereocenters. The Labute approximate surface area is 237 Å². The van der Waals surface area contributed by atoms with Crippen LogP contribution in [0.15, 0.2) is 72.8 Å². The summed E-state index contributed by atoms with van der Waals surface area (Å²) in [6, 6.07) is 19.4. The number of benzene rings is 3. The summed E-state index contributed by atoms with van der Waals surface area (Å²) in [6.07, 6.45) is 1.89. The quantitative estimate of drug-likeness (QED) is 0.342. The SMILES string of the molecule is CC[C@H](C)NC(=O)[C@H](Cc1ccccc1)N(Cc1ccccc1F)C(=O)CN(c1cc(C)cc(C)c1)S(C)(=O)=O. The average molecular weight is 568 g/mol. The normalized spacial score (nSPS) is 12.8. The van der Waals surface area contributed by atoms with Crippen LogP contribution in [0.4, 0.5) is 10.1 Å². The molecule has 40 heavy (non-hydrogen) atoms. The summed E-state index contributed by atoms with van der Waals surface area (Å²) in [5.41, 5.74) is 3.07. The molecule has 0 saturated carbocycles. The third-order valence-electron chi connectivity index (χ3n) is 6.74. The zero-order valence-electron chi connectivity index (χ0n) is 23.7. The van der Waals surface area contributed by atoms with Crippen LogP contribution in [-0.4, -0.2) is 50.0 Å². The predicted octanol–water partition coefficient (Wildman–Crippen LogP) is 4.76. The van der Waals surface area contributed by atoms with E-state index in [0.717, 1.165) is 27.3 Å². The molecule has 0 aliphatic heterocycles. The van der Waals surface area contributed by atoms with E-state index < -0.39 is 34.3 Å². The number of hydrogen-bond donors (Lipinski definition) is 1. The summed E-state index contributed by atoms with van der Waals surface area (Å²) in [5.74, 6) is -1.52. The summed E-state index contributed by atoms with van der Waals surface area (Å²) >= 11 is 0. The number of anilines is 1. The van der Waals surface area contributed by atoms with E-state index in [1.807, 2.05) is 64.1 Å². The molecule has 0 spiro atoms. The van der Waals surface area contributed by atoms with Crippen molar-refractivity contribution in [2.75, 3.05) is 17.1 Å². The molecule has 214 valence electrons. The van der Waals surface area contributed by atoms with Gasteiger partial charge < -0.3 is 10.2 Å². The fourth-order valence-electron chi connectivity index (χ4n) is 4.51. The van der Waals surface area contributed by atoms with Gasteiger partial charge in [0, 0.05) is 24.6 Å². The number of halogens is 1. The highest BCUT2D eigenvalue weighted by molar-refractivity contribution is 7.92. The van der Waals surface area contributed by atoms with E-state index in [1.54, 1.807) is 30.3 Å². The lowest BCUT2D eigenvalue weighted by atomic mass is 10.0. The Morgan fingerprint density at radius 1 is 0.950 bits per heavy atom. The van der Waals surface area contributed by atoms with Gasteiger partial charge in [-0.1, -0.05) is 61.5 Å². The highest BCUT2D eigenvalue weighted by Crippen LogP contribution is 2.23. The molecule has 2 atom stereocenters. The number of amides is 2. The van der Waals surface area contributed by atoms with Crippen LogP contribution < -0.4 is 9.62 Å². The zero-order valence-corrected chi connectivity index (χ0v) is 24.5. The van der Waals surface area contributed by atoms with Crippen molar-refractivity contribution >= 4 is 27.5 Å². The van der Waals surface area contributed by atoms with Gasteiger partial charge in [0.05, 0.1) is 11.9 Å². The van der Waals surface area contributed by atoms with Gasteiger partial charge in [-0.25, -0.2) is 12.8 Å². The largest absolute Gasteiger partial charge is 0.352 e. The van der Waals surface area contributed by atoms with Crippen molar-refractivity contribution in [2.24, 2.45) is 0 Å². The van der Waals surface area contributed by atoms with Crippen molar-refractivity contribution < 1.29 is 22.4 Å². The molecule has 7 nitrogen and oxygen atoms in total. The molecule has 3 aromatic carbocycles. The number of carbonyl (C=O) groups excluding carboxylic acids is 2. The molecule has 2 amide bonds. The molecule has 0 saturated heterocycles. The molecule has 3 rings (SSSR count). The molecule has 0 heterocycles. The van der Waals surface area contributed by atoms with Crippen molar-refractivity contribution in [3.05, 3.63) is 101 Å². The molecular weight excluding hydrogens is 529 g/mol. The van der Waals surface area contributed by atoms with Crippen LogP contribution >= 0.6 is 0 Å². The fraction of sp³-hybridized carbons (Fsp3) is 0.355. The van der Waals surface area contributed by atoms with Crippen LogP contribution in [0.5, 0.6) is 0 Å². The van der Waals surface area contributed by atoms with E-state index in [1.165, 1.54) is 11.0 Å². The highest BCUT2D eigenvalue weighted by Gasteiger charge is 2.34. The number of hydrogen-bond acceptors (Lipinski definition) is 4. The van der Waals surface area contributed by atoms with Crippen molar-refractivity contribution in [1.29, 1.82) is 0 Å². The van der Waals surface area contributed by atoms with Gasteiger partial charge in [-0.2, -0.15) is 0 Å². The first kappa shape index (κ1) is 30.8. The third-order valence-corrected chi connectivity index (χ3v) is 7.88. The Kier molecular flexibility index (Phi) is 10.5. The number of sulfonamides is 1. The Morgan fingerprint density at radius 3 is 2.12 bits per heavy atom. The second-order valence-corrected chi connectivity index (χ2v) is 12.2. The number of nitrogens with one attached hydrogen (secondary N) is 1. The number of carbonyl (C=O) groups is 2. The maximum absolute atomic E-state index is 14.8. The molecule has 1 N–H and O–H groups in total. The van der Waals surface area contributed by atoms with Crippen LogP contribution in [0.2, 0.25) is 0 Å². The van der Waals surface area contributed by atoms with Crippen LogP contribution in [0.3, 0.4) is 0 Å². The van der Waals surface area contributed by atoms with Gasteiger partial charge in [0.1, 0.15) is 18.4 Å². The van der Waals surface area contributed by atoms with E-state index in [9.17, 15) is 22.4 Å². The molecule has 0 radical (unpaired) electrons. The molecule has 0 fully saturated rings. The third kappa shape index (κ3) is 8.39. The monoisotopic (exact) mass is 567 g/mol. The van der Waals surface area contributed by atoms with Gasteiger partial charge in [0.15, 0.2) is 0 Å².